The van der Waals surface area contributed by atoms with Crippen LogP contribution in [0.5, 0.6) is 0 Å². The summed E-state index contributed by atoms with van der Waals surface area (Å²) in [7, 11) is 0. The van der Waals surface area contributed by atoms with Crippen molar-refractivity contribution in [3.05, 3.63) is 0 Å². The van der Waals surface area contributed by atoms with Gasteiger partial charge in [0.25, 0.3) is 0 Å². The van der Waals surface area contributed by atoms with Crippen LogP contribution in [0, 0.1) is 11.3 Å². The summed E-state index contributed by atoms with van der Waals surface area (Å²) in [4.78, 5) is 9.55. The van der Waals surface area contributed by atoms with E-state index >= 15 is 0 Å². The molecule has 5 heteroatoms. The zero-order chi connectivity index (χ0) is 9.11. The number of aliphatic carboxylic acids is 1. The number of hydrogen-bond acceptors (Lipinski definition) is 4. The van der Waals surface area contributed by atoms with Crippen LogP contribution in [0.4, 0.5) is 0 Å². The molecule has 0 bridgehead atoms. The van der Waals surface area contributed by atoms with E-state index in [1.54, 1.807) is 0 Å². The van der Waals surface area contributed by atoms with Crippen LogP contribution < -0.4 is 0 Å². The third-order valence-electron chi connectivity index (χ3n) is 0.549. The van der Waals surface area contributed by atoms with Crippen LogP contribution in [0.25, 0.3) is 0 Å². The lowest BCUT2D eigenvalue weighted by Crippen LogP contribution is -1.93. The maximum atomic E-state index is 9.55. The monoisotopic (exact) mass is 193 g/mol. The Morgan fingerprint density at radius 3 is 2.00 bits per heavy atom. The van der Waals surface area contributed by atoms with Crippen LogP contribution >= 0.6 is 25.3 Å². The molecule has 0 rings (SSSR count). The summed E-state index contributed by atoms with van der Waals surface area (Å²) in [6, 6.07) is 1.94. The molecule has 0 aromatic rings. The number of thiol groups is 2. The molecule has 1 N–H and O–H groups in total. The van der Waals surface area contributed by atoms with Gasteiger partial charge in [-0.2, -0.15) is 30.5 Å². The van der Waals surface area contributed by atoms with Crippen molar-refractivity contribution in [1.82, 2.24) is 0 Å². The highest BCUT2D eigenvalue weighted by molar-refractivity contribution is 7.80. The Morgan fingerprint density at radius 2 is 2.00 bits per heavy atom. The molecule has 0 saturated heterocycles. The molecule has 0 amide bonds. The number of carbonyl (C=O) groups is 1. The fourth-order valence-corrected chi connectivity index (χ4v) is 0.437. The number of rotatable bonds is 3. The molecule has 0 radical (unpaired) electrons. The largest absolute Gasteiger partial charge is 0.481 e. The highest BCUT2D eigenvalue weighted by Gasteiger charge is 1.88. The second-order valence-corrected chi connectivity index (χ2v) is 2.39. The second kappa shape index (κ2) is 12.3. The minimum absolute atomic E-state index is 0.156. The van der Waals surface area contributed by atoms with Gasteiger partial charge in [0.05, 0.1) is 12.5 Å². The Labute approximate surface area is 77.2 Å². The van der Waals surface area contributed by atoms with Crippen molar-refractivity contribution in [1.29, 1.82) is 5.26 Å². The van der Waals surface area contributed by atoms with Crippen LogP contribution in [0.1, 0.15) is 12.8 Å². The SMILES string of the molecule is N#CCCS.O=C(O)CCS. The number of carboxylic acid groups (broad SMARTS) is 1. The Kier molecular flexibility index (Phi) is 14.9. The molecule has 0 aliphatic heterocycles. The molecule has 0 fully saturated rings. The minimum Gasteiger partial charge on any atom is -0.481 e. The van der Waals surface area contributed by atoms with Gasteiger partial charge in [-0.15, -0.1) is 0 Å². The van der Waals surface area contributed by atoms with E-state index in [0.29, 0.717) is 17.9 Å². The summed E-state index contributed by atoms with van der Waals surface area (Å²) in [5.74, 6) is 0.316. The van der Waals surface area contributed by atoms with Gasteiger partial charge in [-0.05, 0) is 0 Å². The van der Waals surface area contributed by atoms with Crippen molar-refractivity contribution >= 4 is 31.2 Å². The van der Waals surface area contributed by atoms with Gasteiger partial charge in [0.1, 0.15) is 0 Å². The topological polar surface area (TPSA) is 61.1 Å². The number of carboxylic acids is 1. The molecular formula is C6H11NO2S2. The molecule has 0 unspecified atom stereocenters. The lowest BCUT2D eigenvalue weighted by atomic mass is 10.5. The first kappa shape index (κ1) is 13.3. The molecule has 0 aliphatic rings. The van der Waals surface area contributed by atoms with E-state index in [1.165, 1.54) is 0 Å². The van der Waals surface area contributed by atoms with Gasteiger partial charge >= 0.3 is 5.97 Å². The summed E-state index contributed by atoms with van der Waals surface area (Å²) in [6.07, 6.45) is 0.715. The van der Waals surface area contributed by atoms with E-state index in [2.05, 4.69) is 25.3 Å². The summed E-state index contributed by atoms with van der Waals surface area (Å²) in [5.41, 5.74) is 0. The van der Waals surface area contributed by atoms with Gasteiger partial charge in [0, 0.05) is 17.9 Å². The molecule has 0 aromatic heterocycles. The molecule has 0 aromatic carbocycles. The fourth-order valence-electron chi connectivity index (χ4n) is 0.146. The summed E-state index contributed by atoms with van der Waals surface area (Å²) in [6.45, 7) is 0. The molecule has 0 aliphatic carbocycles. The Morgan fingerprint density at radius 1 is 1.45 bits per heavy atom. The molecule has 0 heterocycles. The highest BCUT2D eigenvalue weighted by Crippen LogP contribution is 1.79. The number of nitrogens with zero attached hydrogens (tertiary/aromatic N) is 1. The average molecular weight is 193 g/mol. The molecule has 3 nitrogen and oxygen atoms in total. The van der Waals surface area contributed by atoms with Crippen molar-refractivity contribution in [2.75, 3.05) is 11.5 Å². The lowest BCUT2D eigenvalue weighted by molar-refractivity contribution is -0.136. The maximum Gasteiger partial charge on any atom is 0.304 e. The Balaban J connectivity index is 0. The van der Waals surface area contributed by atoms with Crippen molar-refractivity contribution in [2.45, 2.75) is 12.8 Å². The van der Waals surface area contributed by atoms with Crippen molar-refractivity contribution in [3.8, 4) is 6.07 Å². The van der Waals surface area contributed by atoms with Crippen LogP contribution in [-0.2, 0) is 4.79 Å². The van der Waals surface area contributed by atoms with Gasteiger partial charge in [-0.25, -0.2) is 0 Å². The van der Waals surface area contributed by atoms with Crippen molar-refractivity contribution < 1.29 is 9.90 Å². The quantitative estimate of drug-likeness (QED) is 0.591. The van der Waals surface area contributed by atoms with E-state index in [1.807, 2.05) is 6.07 Å². The van der Waals surface area contributed by atoms with Crippen LogP contribution in [0.15, 0.2) is 0 Å². The molecule has 0 atom stereocenters. The Hall–Kier alpha value is -0.340. The first-order chi connectivity index (χ1) is 5.18. The standard InChI is InChI=1S/C3H5NS.C3H6O2S/c4-2-1-3-5;4-3(5)1-2-6/h5H,1,3H2;6H,1-2H2,(H,4,5). The van der Waals surface area contributed by atoms with Gasteiger partial charge < -0.3 is 5.11 Å². The number of hydrogen-bond donors (Lipinski definition) is 3. The molecule has 0 spiro atoms. The van der Waals surface area contributed by atoms with Gasteiger partial charge in [-0.1, -0.05) is 0 Å². The third-order valence-corrected chi connectivity index (χ3v) is 0.996. The molecule has 11 heavy (non-hydrogen) atoms. The van der Waals surface area contributed by atoms with Gasteiger partial charge in [0.2, 0.25) is 0 Å². The van der Waals surface area contributed by atoms with Crippen LogP contribution in [0.3, 0.4) is 0 Å². The smallest absolute Gasteiger partial charge is 0.304 e. The van der Waals surface area contributed by atoms with E-state index in [-0.39, 0.29) is 6.42 Å². The molecule has 0 saturated carbocycles. The first-order valence-corrected chi connectivity index (χ1v) is 4.26. The third kappa shape index (κ3) is 26.1. The predicted octanol–water partition coefficient (Wildman–Crippen LogP) is 1.22. The van der Waals surface area contributed by atoms with Gasteiger partial charge in [-0.3, -0.25) is 4.79 Å². The van der Waals surface area contributed by atoms with Gasteiger partial charge in [0.15, 0.2) is 0 Å². The minimum atomic E-state index is -0.787. The van der Waals surface area contributed by atoms with Crippen molar-refractivity contribution in [2.24, 2.45) is 0 Å². The second-order valence-electron chi connectivity index (χ2n) is 1.50. The fraction of sp³-hybridized carbons (Fsp3) is 0.667. The zero-order valence-electron chi connectivity index (χ0n) is 6.03. The highest BCUT2D eigenvalue weighted by atomic mass is 32.1. The summed E-state index contributed by atoms with van der Waals surface area (Å²) >= 11 is 7.46. The summed E-state index contributed by atoms with van der Waals surface area (Å²) < 4.78 is 0. The average Bonchev–Trinajstić information content (AvgIpc) is 1.90. The zero-order valence-corrected chi connectivity index (χ0v) is 7.81. The van der Waals surface area contributed by atoms with Crippen molar-refractivity contribution in [3.63, 3.8) is 0 Å². The normalized spacial score (nSPS) is 7.36. The maximum absolute atomic E-state index is 9.55. The van der Waals surface area contributed by atoms with E-state index in [4.69, 9.17) is 10.4 Å². The van der Waals surface area contributed by atoms with E-state index in [9.17, 15) is 4.79 Å². The predicted molar refractivity (Wildman–Crippen MR) is 50.2 cm³/mol. The lowest BCUT2D eigenvalue weighted by Gasteiger charge is -1.79. The number of nitriles is 1. The van der Waals surface area contributed by atoms with E-state index in [0.717, 1.165) is 0 Å². The summed E-state index contributed by atoms with van der Waals surface area (Å²) in [5, 5.41) is 15.6. The molecular weight excluding hydrogens is 182 g/mol. The Bertz CT molecular complexity index is 133. The first-order valence-electron chi connectivity index (χ1n) is 2.99. The van der Waals surface area contributed by atoms with E-state index < -0.39 is 5.97 Å². The van der Waals surface area contributed by atoms with Crippen LogP contribution in [-0.4, -0.2) is 22.6 Å². The molecule has 64 valence electrons. The van der Waals surface area contributed by atoms with Crippen LogP contribution in [0.2, 0.25) is 0 Å².